The Morgan fingerprint density at radius 1 is 1.50 bits per heavy atom. The number of hydrogen-bond acceptors (Lipinski definition) is 3. The minimum Gasteiger partial charge on any atom is -0.379 e. The summed E-state index contributed by atoms with van der Waals surface area (Å²) < 4.78 is 19.9. The van der Waals surface area contributed by atoms with E-state index in [-0.39, 0.29) is 17.5 Å². The van der Waals surface area contributed by atoms with Crippen LogP contribution in [0.5, 0.6) is 0 Å². The predicted molar refractivity (Wildman–Crippen MR) is 74.5 cm³/mol. The van der Waals surface area contributed by atoms with Gasteiger partial charge in [0.05, 0.1) is 5.60 Å². The molecule has 3 N–H and O–H groups in total. The van der Waals surface area contributed by atoms with E-state index >= 15 is 0 Å². The van der Waals surface area contributed by atoms with Crippen LogP contribution in [0.4, 0.5) is 4.39 Å². The predicted octanol–water partition coefficient (Wildman–Crippen LogP) is 3.30. The lowest BCUT2D eigenvalue weighted by molar-refractivity contribution is 0.0116. The summed E-state index contributed by atoms with van der Waals surface area (Å²) in [5.74, 6) is 5.25. The van der Waals surface area contributed by atoms with Crippen LogP contribution in [-0.4, -0.2) is 12.7 Å². The first-order chi connectivity index (χ1) is 8.39. The zero-order valence-corrected chi connectivity index (χ0v) is 12.6. The second-order valence-electron chi connectivity index (χ2n) is 4.89. The number of methoxy groups -OCH3 is 1. The Balaban J connectivity index is 2.77. The molecule has 0 aliphatic heterocycles. The van der Waals surface area contributed by atoms with E-state index in [2.05, 4.69) is 21.4 Å². The minimum atomic E-state index is -0.262. The Labute approximate surface area is 116 Å². The molecule has 3 nitrogen and oxygen atoms in total. The summed E-state index contributed by atoms with van der Waals surface area (Å²) in [7, 11) is 1.67. The second-order valence-corrected chi connectivity index (χ2v) is 5.80. The third-order valence-corrected chi connectivity index (χ3v) is 3.62. The quantitative estimate of drug-likeness (QED) is 0.625. The Kier molecular flexibility index (Phi) is 5.72. The first kappa shape index (κ1) is 15.6. The molecule has 0 aliphatic carbocycles. The van der Waals surface area contributed by atoms with E-state index in [9.17, 15) is 4.39 Å². The SMILES string of the molecule is COC(C)(C)CCC(NN)c1ccc(Br)cc1F. The molecule has 1 unspecified atom stereocenters. The topological polar surface area (TPSA) is 47.3 Å². The van der Waals surface area contributed by atoms with Crippen molar-refractivity contribution in [2.75, 3.05) is 7.11 Å². The summed E-state index contributed by atoms with van der Waals surface area (Å²) in [4.78, 5) is 0. The fourth-order valence-electron chi connectivity index (χ4n) is 1.71. The van der Waals surface area contributed by atoms with Gasteiger partial charge in [-0.05, 0) is 38.8 Å². The van der Waals surface area contributed by atoms with Crippen molar-refractivity contribution in [3.63, 3.8) is 0 Å². The lowest BCUT2D eigenvalue weighted by atomic mass is 9.95. The van der Waals surface area contributed by atoms with Gasteiger partial charge in [0.1, 0.15) is 5.82 Å². The molecular weight excluding hydrogens is 299 g/mol. The van der Waals surface area contributed by atoms with Crippen LogP contribution in [0.3, 0.4) is 0 Å². The van der Waals surface area contributed by atoms with Gasteiger partial charge in [0, 0.05) is 23.2 Å². The van der Waals surface area contributed by atoms with Gasteiger partial charge in [-0.15, -0.1) is 0 Å². The third kappa shape index (κ3) is 4.31. The molecule has 0 amide bonds. The molecule has 0 spiro atoms. The van der Waals surface area contributed by atoms with Crippen molar-refractivity contribution in [1.82, 2.24) is 5.43 Å². The summed E-state index contributed by atoms with van der Waals surface area (Å²) in [6, 6.07) is 4.78. The van der Waals surface area contributed by atoms with Crippen LogP contribution in [0.2, 0.25) is 0 Å². The van der Waals surface area contributed by atoms with E-state index in [1.807, 2.05) is 19.9 Å². The zero-order chi connectivity index (χ0) is 13.8. The average molecular weight is 319 g/mol. The standard InChI is InChI=1S/C13H20BrFN2O/c1-13(2,18-3)7-6-12(17-16)10-5-4-9(14)8-11(10)15/h4-5,8,12,17H,6-7,16H2,1-3H3. The van der Waals surface area contributed by atoms with Gasteiger partial charge in [0.15, 0.2) is 0 Å². The van der Waals surface area contributed by atoms with Gasteiger partial charge in [-0.2, -0.15) is 0 Å². The molecule has 0 saturated carbocycles. The number of hydrazine groups is 1. The van der Waals surface area contributed by atoms with E-state index in [0.717, 1.165) is 10.9 Å². The Morgan fingerprint density at radius 2 is 2.17 bits per heavy atom. The highest BCUT2D eigenvalue weighted by Crippen LogP contribution is 2.27. The van der Waals surface area contributed by atoms with E-state index in [4.69, 9.17) is 10.6 Å². The average Bonchev–Trinajstić information content (AvgIpc) is 2.32. The first-order valence-electron chi connectivity index (χ1n) is 5.86. The molecule has 0 aromatic heterocycles. The van der Waals surface area contributed by atoms with Crippen LogP contribution in [0.15, 0.2) is 22.7 Å². The molecule has 102 valence electrons. The largest absolute Gasteiger partial charge is 0.379 e. The van der Waals surface area contributed by atoms with E-state index in [0.29, 0.717) is 12.0 Å². The number of nitrogens with one attached hydrogen (secondary N) is 1. The molecule has 1 atom stereocenters. The molecular formula is C13H20BrFN2O. The van der Waals surface area contributed by atoms with E-state index < -0.39 is 0 Å². The van der Waals surface area contributed by atoms with Crippen LogP contribution < -0.4 is 11.3 Å². The van der Waals surface area contributed by atoms with Gasteiger partial charge in [-0.25, -0.2) is 4.39 Å². The van der Waals surface area contributed by atoms with Gasteiger partial charge in [-0.3, -0.25) is 11.3 Å². The molecule has 1 aromatic carbocycles. The summed E-state index contributed by atoms with van der Waals surface area (Å²) in [6.45, 7) is 4.00. The second kappa shape index (κ2) is 6.61. The molecule has 5 heteroatoms. The summed E-state index contributed by atoms with van der Waals surface area (Å²) in [5, 5.41) is 0. The number of nitrogens with two attached hydrogens (primary N) is 1. The highest BCUT2D eigenvalue weighted by atomic mass is 79.9. The lowest BCUT2D eigenvalue weighted by Crippen LogP contribution is -2.31. The van der Waals surface area contributed by atoms with Crippen molar-refractivity contribution in [1.29, 1.82) is 0 Å². The smallest absolute Gasteiger partial charge is 0.129 e. The summed E-state index contributed by atoms with van der Waals surface area (Å²) in [6.07, 6.45) is 1.49. The first-order valence-corrected chi connectivity index (χ1v) is 6.65. The lowest BCUT2D eigenvalue weighted by Gasteiger charge is -2.26. The number of benzene rings is 1. The Hall–Kier alpha value is -0.490. The summed E-state index contributed by atoms with van der Waals surface area (Å²) in [5.41, 5.74) is 3.01. The monoisotopic (exact) mass is 318 g/mol. The molecule has 0 heterocycles. The van der Waals surface area contributed by atoms with Gasteiger partial charge in [-0.1, -0.05) is 22.0 Å². The molecule has 0 fully saturated rings. The van der Waals surface area contributed by atoms with Crippen LogP contribution in [0, 0.1) is 5.82 Å². The van der Waals surface area contributed by atoms with Crippen LogP contribution in [-0.2, 0) is 4.74 Å². The maximum atomic E-state index is 13.8. The van der Waals surface area contributed by atoms with Gasteiger partial charge >= 0.3 is 0 Å². The van der Waals surface area contributed by atoms with E-state index in [1.165, 1.54) is 6.07 Å². The number of halogens is 2. The Morgan fingerprint density at radius 3 is 2.67 bits per heavy atom. The van der Waals surface area contributed by atoms with Gasteiger partial charge in [0.2, 0.25) is 0 Å². The highest BCUT2D eigenvalue weighted by Gasteiger charge is 2.21. The number of ether oxygens (including phenoxy) is 1. The molecule has 1 aromatic rings. The van der Waals surface area contributed by atoms with Crippen molar-refractivity contribution in [2.45, 2.75) is 38.3 Å². The molecule has 0 aliphatic rings. The van der Waals surface area contributed by atoms with Crippen molar-refractivity contribution in [3.05, 3.63) is 34.1 Å². The van der Waals surface area contributed by atoms with Crippen molar-refractivity contribution in [2.24, 2.45) is 5.84 Å². The van der Waals surface area contributed by atoms with Gasteiger partial charge < -0.3 is 4.74 Å². The zero-order valence-electron chi connectivity index (χ0n) is 11.0. The maximum absolute atomic E-state index is 13.8. The highest BCUT2D eigenvalue weighted by molar-refractivity contribution is 9.10. The van der Waals surface area contributed by atoms with Crippen molar-refractivity contribution < 1.29 is 9.13 Å². The fourth-order valence-corrected chi connectivity index (χ4v) is 2.04. The molecule has 0 saturated heterocycles. The van der Waals surface area contributed by atoms with Crippen LogP contribution >= 0.6 is 15.9 Å². The van der Waals surface area contributed by atoms with E-state index in [1.54, 1.807) is 13.2 Å². The summed E-state index contributed by atoms with van der Waals surface area (Å²) >= 11 is 3.24. The number of hydrogen-bond donors (Lipinski definition) is 2. The molecule has 0 radical (unpaired) electrons. The molecule has 0 bridgehead atoms. The normalized spacial score (nSPS) is 13.7. The maximum Gasteiger partial charge on any atom is 0.129 e. The molecule has 18 heavy (non-hydrogen) atoms. The van der Waals surface area contributed by atoms with Gasteiger partial charge in [0.25, 0.3) is 0 Å². The molecule has 1 rings (SSSR count). The van der Waals surface area contributed by atoms with Crippen molar-refractivity contribution >= 4 is 15.9 Å². The Bertz CT molecular complexity index is 399. The van der Waals surface area contributed by atoms with Crippen LogP contribution in [0.1, 0.15) is 38.3 Å². The third-order valence-electron chi connectivity index (χ3n) is 3.13. The minimum absolute atomic E-state index is 0.215. The van der Waals surface area contributed by atoms with Crippen LogP contribution in [0.25, 0.3) is 0 Å². The van der Waals surface area contributed by atoms with Crippen molar-refractivity contribution in [3.8, 4) is 0 Å². The fraction of sp³-hybridized carbons (Fsp3) is 0.538. The number of rotatable bonds is 6.